The maximum atomic E-state index is 3.51. The van der Waals surface area contributed by atoms with Crippen LogP contribution in [0.25, 0.3) is 21.5 Å². The SMILES string of the molecule is c1ccc2c(C(c3cccc4ccccc34)N3CCNCC3)cccc2c1. The van der Waals surface area contributed by atoms with E-state index in [2.05, 4.69) is 95.1 Å². The molecule has 1 aliphatic heterocycles. The minimum atomic E-state index is 0.268. The van der Waals surface area contributed by atoms with Gasteiger partial charge in [-0.1, -0.05) is 84.9 Å². The van der Waals surface area contributed by atoms with E-state index in [0.717, 1.165) is 26.2 Å². The molecule has 0 amide bonds. The standard InChI is InChI=1S/C25H24N2/c1-3-11-21-19(7-1)9-5-13-23(21)25(27-17-15-26-16-18-27)24-14-6-10-20-8-2-4-12-22(20)24/h1-14,25-26H,15-18H2. The Morgan fingerprint density at radius 2 is 1.07 bits per heavy atom. The van der Waals surface area contributed by atoms with Gasteiger partial charge in [-0.15, -0.1) is 0 Å². The summed E-state index contributed by atoms with van der Waals surface area (Å²) in [6, 6.07) is 31.3. The van der Waals surface area contributed by atoms with Gasteiger partial charge in [-0.3, -0.25) is 4.90 Å². The van der Waals surface area contributed by atoms with Crippen LogP contribution in [0, 0.1) is 0 Å². The molecule has 4 aromatic rings. The predicted octanol–water partition coefficient (Wildman–Crippen LogP) is 4.99. The van der Waals surface area contributed by atoms with Crippen molar-refractivity contribution < 1.29 is 0 Å². The lowest BCUT2D eigenvalue weighted by Crippen LogP contribution is -2.45. The van der Waals surface area contributed by atoms with Crippen molar-refractivity contribution >= 4 is 21.5 Å². The third-order valence-corrected chi connectivity index (χ3v) is 5.75. The zero-order valence-electron chi connectivity index (χ0n) is 15.4. The molecule has 134 valence electrons. The summed E-state index contributed by atoms with van der Waals surface area (Å²) in [5.41, 5.74) is 2.82. The van der Waals surface area contributed by atoms with Crippen LogP contribution in [0.1, 0.15) is 17.2 Å². The van der Waals surface area contributed by atoms with Gasteiger partial charge in [0.2, 0.25) is 0 Å². The number of rotatable bonds is 3. The van der Waals surface area contributed by atoms with E-state index in [4.69, 9.17) is 0 Å². The highest BCUT2D eigenvalue weighted by atomic mass is 15.2. The summed E-state index contributed by atoms with van der Waals surface area (Å²) in [6.07, 6.45) is 0. The monoisotopic (exact) mass is 352 g/mol. The van der Waals surface area contributed by atoms with Crippen molar-refractivity contribution in [2.24, 2.45) is 0 Å². The molecule has 5 rings (SSSR count). The number of hydrogen-bond donors (Lipinski definition) is 1. The Labute approximate surface area is 160 Å². The first-order valence-corrected chi connectivity index (χ1v) is 9.82. The average Bonchev–Trinajstić information content (AvgIpc) is 2.75. The van der Waals surface area contributed by atoms with Gasteiger partial charge < -0.3 is 5.32 Å². The predicted molar refractivity (Wildman–Crippen MR) is 114 cm³/mol. The summed E-state index contributed by atoms with van der Waals surface area (Å²) in [4.78, 5) is 2.64. The van der Waals surface area contributed by atoms with Crippen molar-refractivity contribution in [2.45, 2.75) is 6.04 Å². The molecule has 4 aromatic carbocycles. The Kier molecular flexibility index (Phi) is 4.36. The largest absolute Gasteiger partial charge is 0.314 e. The first-order valence-electron chi connectivity index (χ1n) is 9.82. The lowest BCUT2D eigenvalue weighted by molar-refractivity contribution is 0.200. The molecular weight excluding hydrogens is 328 g/mol. The number of hydrogen-bond acceptors (Lipinski definition) is 2. The summed E-state index contributed by atoms with van der Waals surface area (Å²) >= 11 is 0. The van der Waals surface area contributed by atoms with E-state index in [1.807, 2.05) is 0 Å². The van der Waals surface area contributed by atoms with Crippen LogP contribution in [0.3, 0.4) is 0 Å². The highest BCUT2D eigenvalue weighted by Crippen LogP contribution is 2.37. The van der Waals surface area contributed by atoms with Gasteiger partial charge in [0.05, 0.1) is 6.04 Å². The van der Waals surface area contributed by atoms with Gasteiger partial charge in [0.15, 0.2) is 0 Å². The van der Waals surface area contributed by atoms with Gasteiger partial charge >= 0.3 is 0 Å². The average molecular weight is 352 g/mol. The number of benzene rings is 4. The smallest absolute Gasteiger partial charge is 0.0614 e. The van der Waals surface area contributed by atoms with Crippen molar-refractivity contribution in [3.63, 3.8) is 0 Å². The highest BCUT2D eigenvalue weighted by Gasteiger charge is 2.26. The maximum Gasteiger partial charge on any atom is 0.0614 e. The van der Waals surface area contributed by atoms with Crippen molar-refractivity contribution in [3.05, 3.63) is 96.1 Å². The molecule has 0 radical (unpaired) electrons. The Bertz CT molecular complexity index is 990. The summed E-state index contributed by atoms with van der Waals surface area (Å²) in [7, 11) is 0. The van der Waals surface area contributed by atoms with E-state index in [1.54, 1.807) is 0 Å². The minimum Gasteiger partial charge on any atom is -0.314 e. The Morgan fingerprint density at radius 1 is 0.593 bits per heavy atom. The van der Waals surface area contributed by atoms with Crippen LogP contribution in [-0.2, 0) is 0 Å². The third kappa shape index (κ3) is 3.01. The molecule has 0 spiro atoms. The molecule has 1 N–H and O–H groups in total. The summed E-state index contributed by atoms with van der Waals surface area (Å²) in [6.45, 7) is 4.23. The Hall–Kier alpha value is -2.68. The van der Waals surface area contributed by atoms with Crippen LogP contribution >= 0.6 is 0 Å². The molecule has 27 heavy (non-hydrogen) atoms. The molecule has 0 atom stereocenters. The van der Waals surface area contributed by atoms with Crippen molar-refractivity contribution in [2.75, 3.05) is 26.2 Å². The minimum absolute atomic E-state index is 0.268. The topological polar surface area (TPSA) is 15.3 Å². The maximum absolute atomic E-state index is 3.51. The van der Waals surface area contributed by atoms with E-state index in [-0.39, 0.29) is 6.04 Å². The molecule has 2 nitrogen and oxygen atoms in total. The molecule has 0 unspecified atom stereocenters. The second kappa shape index (κ2) is 7.15. The number of nitrogens with one attached hydrogen (secondary N) is 1. The van der Waals surface area contributed by atoms with Gasteiger partial charge in [-0.2, -0.15) is 0 Å². The lowest BCUT2D eigenvalue weighted by Gasteiger charge is -2.36. The Morgan fingerprint density at radius 3 is 1.63 bits per heavy atom. The van der Waals surface area contributed by atoms with Crippen molar-refractivity contribution in [1.82, 2.24) is 10.2 Å². The van der Waals surface area contributed by atoms with Crippen LogP contribution in [0.4, 0.5) is 0 Å². The van der Waals surface area contributed by atoms with E-state index in [1.165, 1.54) is 32.7 Å². The zero-order valence-corrected chi connectivity index (χ0v) is 15.4. The molecule has 0 bridgehead atoms. The van der Waals surface area contributed by atoms with Crippen molar-refractivity contribution in [1.29, 1.82) is 0 Å². The normalized spacial score (nSPS) is 15.6. The summed E-state index contributed by atoms with van der Waals surface area (Å²) in [5, 5.41) is 8.85. The second-order valence-electron chi connectivity index (χ2n) is 7.33. The first-order chi connectivity index (χ1) is 13.4. The molecule has 1 heterocycles. The van der Waals surface area contributed by atoms with E-state index in [9.17, 15) is 0 Å². The first kappa shape index (κ1) is 16.5. The highest BCUT2D eigenvalue weighted by molar-refractivity contribution is 5.90. The molecule has 0 aromatic heterocycles. The fourth-order valence-corrected chi connectivity index (χ4v) is 4.48. The fourth-order valence-electron chi connectivity index (χ4n) is 4.48. The van der Waals surface area contributed by atoms with Crippen LogP contribution < -0.4 is 5.32 Å². The van der Waals surface area contributed by atoms with Gasteiger partial charge in [-0.25, -0.2) is 0 Å². The summed E-state index contributed by atoms with van der Waals surface area (Å²) < 4.78 is 0. The van der Waals surface area contributed by atoms with Crippen LogP contribution in [-0.4, -0.2) is 31.1 Å². The van der Waals surface area contributed by atoms with Gasteiger partial charge in [-0.05, 0) is 32.7 Å². The van der Waals surface area contributed by atoms with Crippen LogP contribution in [0.2, 0.25) is 0 Å². The third-order valence-electron chi connectivity index (χ3n) is 5.75. The van der Waals surface area contributed by atoms with Gasteiger partial charge in [0.25, 0.3) is 0 Å². The Balaban J connectivity index is 1.76. The molecule has 1 fully saturated rings. The lowest BCUT2D eigenvalue weighted by atomic mass is 9.89. The van der Waals surface area contributed by atoms with Crippen LogP contribution in [0.5, 0.6) is 0 Å². The number of nitrogens with zero attached hydrogens (tertiary/aromatic N) is 1. The number of fused-ring (bicyclic) bond motifs is 2. The van der Waals surface area contributed by atoms with Gasteiger partial charge in [0.1, 0.15) is 0 Å². The molecule has 0 saturated carbocycles. The molecule has 2 heteroatoms. The van der Waals surface area contributed by atoms with E-state index < -0.39 is 0 Å². The quantitative estimate of drug-likeness (QED) is 0.559. The van der Waals surface area contributed by atoms with Crippen LogP contribution in [0.15, 0.2) is 84.9 Å². The number of piperazine rings is 1. The molecule has 1 aliphatic rings. The fraction of sp³-hybridized carbons (Fsp3) is 0.200. The second-order valence-corrected chi connectivity index (χ2v) is 7.33. The van der Waals surface area contributed by atoms with E-state index in [0.29, 0.717) is 0 Å². The van der Waals surface area contributed by atoms with Gasteiger partial charge in [0, 0.05) is 26.2 Å². The van der Waals surface area contributed by atoms with Crippen molar-refractivity contribution in [3.8, 4) is 0 Å². The molecule has 1 saturated heterocycles. The van der Waals surface area contributed by atoms with E-state index >= 15 is 0 Å². The molecule has 0 aliphatic carbocycles. The zero-order chi connectivity index (χ0) is 18.1. The summed E-state index contributed by atoms with van der Waals surface area (Å²) in [5.74, 6) is 0. The molecular formula is C25H24N2.